The third kappa shape index (κ3) is 2.08. The summed E-state index contributed by atoms with van der Waals surface area (Å²) < 4.78 is 5.54. The van der Waals surface area contributed by atoms with Crippen molar-refractivity contribution in [1.82, 2.24) is 0 Å². The Morgan fingerprint density at radius 3 is 2.53 bits per heavy atom. The maximum atomic E-state index is 6.75. The highest BCUT2D eigenvalue weighted by atomic mass is 16.3. The maximum Gasteiger partial charge on any atom is 0.271 e. The Balaban J connectivity index is 2.30. The van der Waals surface area contributed by atoms with E-state index in [1.807, 2.05) is 36.4 Å². The van der Waals surface area contributed by atoms with Crippen LogP contribution >= 0.6 is 0 Å². The molecule has 2 aromatic rings. The van der Waals surface area contributed by atoms with Crippen molar-refractivity contribution in [3.05, 3.63) is 59.1 Å². The molecule has 74 valence electrons. The number of benzene rings is 1. The van der Waals surface area contributed by atoms with Crippen LogP contribution in [-0.4, -0.2) is 0 Å². The first-order valence-electron chi connectivity index (χ1n) is 4.78. The van der Waals surface area contributed by atoms with Gasteiger partial charge in [0.05, 0.1) is 0 Å². The lowest BCUT2D eigenvalue weighted by Gasteiger charge is -1.96. The molecule has 0 amide bonds. The average molecular weight is 197 g/mol. The van der Waals surface area contributed by atoms with E-state index in [0.29, 0.717) is 6.54 Å². The standard InChI is InChI=1S/C13H11NO/c1-10-3-5-11(6-4-10)13-8-7-12(15-13)9-14-2/h3-8H,9H2,1H3. The lowest BCUT2D eigenvalue weighted by atomic mass is 10.1. The van der Waals surface area contributed by atoms with Crippen LogP contribution in [0.3, 0.4) is 0 Å². The summed E-state index contributed by atoms with van der Waals surface area (Å²) in [5, 5.41) is 0. The zero-order valence-electron chi connectivity index (χ0n) is 8.53. The SMILES string of the molecule is [C-]#[N+]Cc1ccc(-c2ccc(C)cc2)o1. The van der Waals surface area contributed by atoms with Crippen molar-refractivity contribution >= 4 is 0 Å². The summed E-state index contributed by atoms with van der Waals surface area (Å²) in [4.78, 5) is 3.28. The van der Waals surface area contributed by atoms with Crippen LogP contribution in [-0.2, 0) is 6.54 Å². The molecule has 15 heavy (non-hydrogen) atoms. The third-order valence-electron chi connectivity index (χ3n) is 2.23. The van der Waals surface area contributed by atoms with E-state index in [1.165, 1.54) is 5.56 Å². The van der Waals surface area contributed by atoms with Gasteiger partial charge in [0, 0.05) is 5.56 Å². The molecule has 1 aromatic carbocycles. The Morgan fingerprint density at radius 2 is 1.87 bits per heavy atom. The molecule has 2 rings (SSSR count). The number of rotatable bonds is 2. The summed E-state index contributed by atoms with van der Waals surface area (Å²) in [5.41, 5.74) is 2.28. The molecule has 1 aromatic heterocycles. The van der Waals surface area contributed by atoms with Gasteiger partial charge in [0.15, 0.2) is 5.76 Å². The van der Waals surface area contributed by atoms with Gasteiger partial charge in [-0.1, -0.05) is 29.8 Å². The summed E-state index contributed by atoms with van der Waals surface area (Å²) in [6, 6.07) is 11.9. The van der Waals surface area contributed by atoms with Crippen LogP contribution in [0.5, 0.6) is 0 Å². The second kappa shape index (κ2) is 4.02. The predicted octanol–water partition coefficient (Wildman–Crippen LogP) is 3.67. The Hall–Kier alpha value is -2.01. The van der Waals surface area contributed by atoms with Gasteiger partial charge in [-0.05, 0) is 19.1 Å². The molecule has 0 N–H and O–H groups in total. The minimum Gasteiger partial charge on any atom is -0.453 e. The Morgan fingerprint density at radius 1 is 1.13 bits per heavy atom. The normalized spacial score (nSPS) is 9.87. The lowest BCUT2D eigenvalue weighted by Crippen LogP contribution is -1.75. The Kier molecular flexibility index (Phi) is 2.55. The highest BCUT2D eigenvalue weighted by molar-refractivity contribution is 5.57. The van der Waals surface area contributed by atoms with Gasteiger partial charge < -0.3 is 9.26 Å². The van der Waals surface area contributed by atoms with Gasteiger partial charge >= 0.3 is 0 Å². The van der Waals surface area contributed by atoms with E-state index in [9.17, 15) is 0 Å². The molecule has 0 aliphatic heterocycles. The van der Waals surface area contributed by atoms with Crippen molar-refractivity contribution < 1.29 is 4.42 Å². The fourth-order valence-electron chi connectivity index (χ4n) is 1.41. The van der Waals surface area contributed by atoms with E-state index in [0.717, 1.165) is 17.1 Å². The summed E-state index contributed by atoms with van der Waals surface area (Å²) in [7, 11) is 0. The van der Waals surface area contributed by atoms with Crippen molar-refractivity contribution in [1.29, 1.82) is 0 Å². The van der Waals surface area contributed by atoms with Gasteiger partial charge in [0.25, 0.3) is 6.54 Å². The molecule has 0 unspecified atom stereocenters. The zero-order chi connectivity index (χ0) is 10.7. The van der Waals surface area contributed by atoms with Gasteiger partial charge in [0.2, 0.25) is 0 Å². The molecule has 0 spiro atoms. The van der Waals surface area contributed by atoms with Crippen LogP contribution in [0.15, 0.2) is 40.8 Å². The van der Waals surface area contributed by atoms with Crippen molar-refractivity contribution in [2.24, 2.45) is 0 Å². The Labute approximate surface area is 89.0 Å². The summed E-state index contributed by atoms with van der Waals surface area (Å²) >= 11 is 0. The average Bonchev–Trinajstić information content (AvgIpc) is 2.68. The molecule has 1 heterocycles. The fourth-order valence-corrected chi connectivity index (χ4v) is 1.41. The van der Waals surface area contributed by atoms with E-state index < -0.39 is 0 Å². The Bertz CT molecular complexity index is 488. The molecule has 0 saturated heterocycles. The summed E-state index contributed by atoms with van der Waals surface area (Å²) in [5.74, 6) is 1.55. The van der Waals surface area contributed by atoms with Gasteiger partial charge in [0.1, 0.15) is 5.76 Å². The molecule has 2 nitrogen and oxygen atoms in total. The lowest BCUT2D eigenvalue weighted by molar-refractivity contribution is 0.536. The minimum atomic E-state index is 0.311. The van der Waals surface area contributed by atoms with Crippen LogP contribution in [0.2, 0.25) is 0 Å². The maximum absolute atomic E-state index is 6.75. The van der Waals surface area contributed by atoms with Gasteiger partial charge in [-0.3, -0.25) is 0 Å². The first kappa shape index (κ1) is 9.54. The van der Waals surface area contributed by atoms with Crippen molar-refractivity contribution in [3.63, 3.8) is 0 Å². The first-order chi connectivity index (χ1) is 7.29. The molecule has 0 saturated carbocycles. The fraction of sp³-hybridized carbons (Fsp3) is 0.154. The quantitative estimate of drug-likeness (QED) is 0.671. The third-order valence-corrected chi connectivity index (χ3v) is 2.23. The second-order valence-electron chi connectivity index (χ2n) is 3.45. The molecule has 2 heteroatoms. The topological polar surface area (TPSA) is 17.5 Å². The van der Waals surface area contributed by atoms with E-state index in [1.54, 1.807) is 0 Å². The van der Waals surface area contributed by atoms with E-state index in [4.69, 9.17) is 11.0 Å². The number of nitrogens with zero attached hydrogens (tertiary/aromatic N) is 1. The minimum absolute atomic E-state index is 0.311. The van der Waals surface area contributed by atoms with Crippen LogP contribution in [0.4, 0.5) is 0 Å². The number of aryl methyl sites for hydroxylation is 1. The van der Waals surface area contributed by atoms with E-state index >= 15 is 0 Å². The smallest absolute Gasteiger partial charge is 0.271 e. The largest absolute Gasteiger partial charge is 0.453 e. The van der Waals surface area contributed by atoms with Gasteiger partial charge in [-0.25, -0.2) is 6.57 Å². The highest BCUT2D eigenvalue weighted by Crippen LogP contribution is 2.22. The molecular weight excluding hydrogens is 186 g/mol. The summed E-state index contributed by atoms with van der Waals surface area (Å²) in [6.45, 7) is 9.11. The molecule has 0 bridgehead atoms. The van der Waals surface area contributed by atoms with Crippen LogP contribution in [0.25, 0.3) is 16.2 Å². The van der Waals surface area contributed by atoms with Gasteiger partial charge in [-0.2, -0.15) is 0 Å². The van der Waals surface area contributed by atoms with Crippen molar-refractivity contribution in [3.8, 4) is 11.3 Å². The molecule has 0 aliphatic rings. The van der Waals surface area contributed by atoms with E-state index in [-0.39, 0.29) is 0 Å². The molecule has 0 aliphatic carbocycles. The van der Waals surface area contributed by atoms with Crippen molar-refractivity contribution in [2.45, 2.75) is 13.5 Å². The molecule has 0 fully saturated rings. The van der Waals surface area contributed by atoms with Gasteiger partial charge in [-0.15, -0.1) is 0 Å². The number of furan rings is 1. The first-order valence-corrected chi connectivity index (χ1v) is 4.78. The van der Waals surface area contributed by atoms with Crippen LogP contribution in [0, 0.1) is 13.5 Å². The number of hydrogen-bond donors (Lipinski definition) is 0. The van der Waals surface area contributed by atoms with E-state index in [2.05, 4.69) is 11.8 Å². The number of hydrogen-bond acceptors (Lipinski definition) is 1. The predicted molar refractivity (Wildman–Crippen MR) is 59.2 cm³/mol. The molecular formula is C13H11NO. The van der Waals surface area contributed by atoms with Crippen LogP contribution < -0.4 is 0 Å². The molecule has 0 atom stereocenters. The highest BCUT2D eigenvalue weighted by Gasteiger charge is 2.05. The monoisotopic (exact) mass is 197 g/mol. The molecule has 0 radical (unpaired) electrons. The second-order valence-corrected chi connectivity index (χ2v) is 3.45. The van der Waals surface area contributed by atoms with Crippen molar-refractivity contribution in [2.75, 3.05) is 0 Å². The summed E-state index contributed by atoms with van der Waals surface area (Å²) in [6.07, 6.45) is 0. The van der Waals surface area contributed by atoms with Crippen LogP contribution in [0.1, 0.15) is 11.3 Å². The zero-order valence-corrected chi connectivity index (χ0v) is 8.53.